The number of carbonyl (C=O) groups excluding carboxylic acids is 2. The zero-order valence-electron chi connectivity index (χ0n) is 18.2. The van der Waals surface area contributed by atoms with Gasteiger partial charge in [-0.2, -0.15) is 5.10 Å². The zero-order valence-corrected chi connectivity index (χ0v) is 19.0. The highest BCUT2D eigenvalue weighted by Gasteiger charge is 2.35. The van der Waals surface area contributed by atoms with Crippen LogP contribution >= 0.6 is 11.6 Å². The van der Waals surface area contributed by atoms with Crippen LogP contribution in [0.5, 0.6) is 5.75 Å². The standard InChI is InChI=1S/C26H24ClN3O3/c1-18-2-10-23(11-3-18)30-16-21(14-25(30)31)26(32)29-28-15-19-6-12-24(13-7-19)33-17-20-4-8-22(27)9-5-20/h2-13,15,21H,14,16-17H2,1H3,(H,29,32)/b28-15+/t21-/m0/s1. The minimum absolute atomic E-state index is 0.0582. The van der Waals surface area contributed by atoms with Crippen molar-refractivity contribution in [2.45, 2.75) is 20.0 Å². The van der Waals surface area contributed by atoms with E-state index in [2.05, 4.69) is 10.5 Å². The van der Waals surface area contributed by atoms with Crippen LogP contribution in [0.3, 0.4) is 0 Å². The summed E-state index contributed by atoms with van der Waals surface area (Å²) in [6.45, 7) is 2.79. The van der Waals surface area contributed by atoms with E-state index in [1.54, 1.807) is 11.1 Å². The third kappa shape index (κ3) is 5.99. The van der Waals surface area contributed by atoms with Gasteiger partial charge in [-0.05, 0) is 66.6 Å². The van der Waals surface area contributed by atoms with E-state index < -0.39 is 5.92 Å². The number of benzene rings is 3. The number of anilines is 1. The molecule has 0 aliphatic carbocycles. The van der Waals surface area contributed by atoms with E-state index in [-0.39, 0.29) is 18.2 Å². The lowest BCUT2D eigenvalue weighted by molar-refractivity contribution is -0.126. The fourth-order valence-electron chi connectivity index (χ4n) is 3.52. The van der Waals surface area contributed by atoms with Crippen LogP contribution in [-0.4, -0.2) is 24.6 Å². The van der Waals surface area contributed by atoms with Gasteiger partial charge in [0.2, 0.25) is 11.8 Å². The molecule has 6 nitrogen and oxygen atoms in total. The summed E-state index contributed by atoms with van der Waals surface area (Å²) in [5.41, 5.74) is 6.32. The Hall–Kier alpha value is -3.64. The van der Waals surface area contributed by atoms with Crippen molar-refractivity contribution >= 4 is 35.3 Å². The molecule has 33 heavy (non-hydrogen) atoms. The van der Waals surface area contributed by atoms with Crippen molar-refractivity contribution in [3.8, 4) is 5.75 Å². The first-order chi connectivity index (χ1) is 16.0. The Kier molecular flexibility index (Phi) is 7.05. The quantitative estimate of drug-likeness (QED) is 0.408. The largest absolute Gasteiger partial charge is 0.489 e. The molecule has 1 heterocycles. The van der Waals surface area contributed by atoms with Crippen LogP contribution in [0.15, 0.2) is 77.9 Å². The first-order valence-electron chi connectivity index (χ1n) is 10.7. The van der Waals surface area contributed by atoms with E-state index in [4.69, 9.17) is 16.3 Å². The molecule has 1 fully saturated rings. The smallest absolute Gasteiger partial charge is 0.245 e. The van der Waals surface area contributed by atoms with Gasteiger partial charge >= 0.3 is 0 Å². The second-order valence-electron chi connectivity index (χ2n) is 7.96. The number of halogens is 1. The molecular formula is C26H24ClN3O3. The second-order valence-corrected chi connectivity index (χ2v) is 8.40. The Morgan fingerprint density at radius 3 is 2.48 bits per heavy atom. The maximum Gasteiger partial charge on any atom is 0.245 e. The van der Waals surface area contributed by atoms with E-state index in [1.165, 1.54) is 0 Å². The highest BCUT2D eigenvalue weighted by atomic mass is 35.5. The summed E-state index contributed by atoms with van der Waals surface area (Å²) < 4.78 is 5.77. The Labute approximate surface area is 197 Å². The maximum absolute atomic E-state index is 12.5. The van der Waals surface area contributed by atoms with Gasteiger partial charge in [-0.25, -0.2) is 5.43 Å². The van der Waals surface area contributed by atoms with Crippen LogP contribution in [0.4, 0.5) is 5.69 Å². The normalized spacial score (nSPS) is 15.8. The highest BCUT2D eigenvalue weighted by molar-refractivity contribution is 6.30. The van der Waals surface area contributed by atoms with Gasteiger partial charge in [0.05, 0.1) is 12.1 Å². The van der Waals surface area contributed by atoms with Gasteiger partial charge in [0.1, 0.15) is 12.4 Å². The molecule has 0 radical (unpaired) electrons. The molecule has 1 aliphatic heterocycles. The van der Waals surface area contributed by atoms with Crippen LogP contribution in [0.2, 0.25) is 5.02 Å². The summed E-state index contributed by atoms with van der Waals surface area (Å²) in [4.78, 5) is 26.5. The van der Waals surface area contributed by atoms with Crippen molar-refractivity contribution in [1.82, 2.24) is 5.43 Å². The summed E-state index contributed by atoms with van der Waals surface area (Å²) in [6, 6.07) is 22.6. The number of hydrogen-bond donors (Lipinski definition) is 1. The van der Waals surface area contributed by atoms with E-state index in [0.717, 1.165) is 28.1 Å². The summed E-state index contributed by atoms with van der Waals surface area (Å²) in [5, 5.41) is 4.74. The van der Waals surface area contributed by atoms with E-state index in [0.29, 0.717) is 18.2 Å². The predicted octanol–water partition coefficient (Wildman–Crippen LogP) is 4.73. The SMILES string of the molecule is Cc1ccc(N2C[C@@H](C(=O)N/N=C/c3ccc(OCc4ccc(Cl)cc4)cc3)CC2=O)cc1. The number of carbonyl (C=O) groups is 2. The molecule has 1 aliphatic rings. The lowest BCUT2D eigenvalue weighted by Gasteiger charge is -2.16. The minimum Gasteiger partial charge on any atom is -0.489 e. The number of hydrogen-bond acceptors (Lipinski definition) is 4. The molecule has 3 aromatic rings. The molecule has 7 heteroatoms. The number of amides is 2. The number of aryl methyl sites for hydroxylation is 1. The number of rotatable bonds is 7. The first-order valence-corrected chi connectivity index (χ1v) is 11.0. The van der Waals surface area contributed by atoms with Crippen LogP contribution < -0.4 is 15.1 Å². The molecule has 3 aromatic carbocycles. The topological polar surface area (TPSA) is 71.0 Å². The van der Waals surface area contributed by atoms with Gasteiger partial charge in [0.25, 0.3) is 0 Å². The molecule has 0 bridgehead atoms. The summed E-state index contributed by atoms with van der Waals surface area (Å²) >= 11 is 5.89. The molecule has 1 N–H and O–H groups in total. The summed E-state index contributed by atoms with van der Waals surface area (Å²) in [7, 11) is 0. The van der Waals surface area contributed by atoms with Crippen LogP contribution in [0.25, 0.3) is 0 Å². The predicted molar refractivity (Wildman–Crippen MR) is 130 cm³/mol. The number of nitrogens with zero attached hydrogens (tertiary/aromatic N) is 2. The van der Waals surface area contributed by atoms with Crippen LogP contribution in [0, 0.1) is 12.8 Å². The molecule has 0 aromatic heterocycles. The Morgan fingerprint density at radius 1 is 1.09 bits per heavy atom. The molecular weight excluding hydrogens is 438 g/mol. The van der Waals surface area contributed by atoms with Crippen LogP contribution in [0.1, 0.15) is 23.1 Å². The fourth-order valence-corrected chi connectivity index (χ4v) is 3.64. The highest BCUT2D eigenvalue weighted by Crippen LogP contribution is 2.25. The summed E-state index contributed by atoms with van der Waals surface area (Å²) in [6.07, 6.45) is 1.74. The fraction of sp³-hybridized carbons (Fsp3) is 0.192. The Balaban J connectivity index is 1.26. The average molecular weight is 462 g/mol. The average Bonchev–Trinajstić information content (AvgIpc) is 3.22. The van der Waals surface area contributed by atoms with Crippen molar-refractivity contribution in [3.05, 3.63) is 94.5 Å². The molecule has 168 valence electrons. The number of ether oxygens (including phenoxy) is 1. The van der Waals surface area contributed by atoms with Gasteiger partial charge in [-0.15, -0.1) is 0 Å². The lowest BCUT2D eigenvalue weighted by Crippen LogP contribution is -2.30. The van der Waals surface area contributed by atoms with E-state index in [1.807, 2.05) is 79.7 Å². The summed E-state index contributed by atoms with van der Waals surface area (Å²) in [5.74, 6) is -0.0271. The minimum atomic E-state index is -0.431. The van der Waals surface area contributed by atoms with Crippen molar-refractivity contribution in [3.63, 3.8) is 0 Å². The van der Waals surface area contributed by atoms with Crippen molar-refractivity contribution in [2.24, 2.45) is 11.0 Å². The first kappa shape index (κ1) is 22.6. The Morgan fingerprint density at radius 2 is 1.79 bits per heavy atom. The molecule has 4 rings (SSSR count). The molecule has 0 spiro atoms. The van der Waals surface area contributed by atoms with Gasteiger partial charge in [-0.3, -0.25) is 9.59 Å². The third-order valence-electron chi connectivity index (χ3n) is 5.43. The van der Waals surface area contributed by atoms with Gasteiger partial charge in [0, 0.05) is 23.7 Å². The monoisotopic (exact) mass is 461 g/mol. The maximum atomic E-state index is 12.5. The van der Waals surface area contributed by atoms with Gasteiger partial charge in [0.15, 0.2) is 0 Å². The Bertz CT molecular complexity index is 1140. The zero-order chi connectivity index (χ0) is 23.2. The van der Waals surface area contributed by atoms with Gasteiger partial charge < -0.3 is 9.64 Å². The van der Waals surface area contributed by atoms with Crippen molar-refractivity contribution < 1.29 is 14.3 Å². The number of nitrogens with one attached hydrogen (secondary N) is 1. The molecule has 1 saturated heterocycles. The third-order valence-corrected chi connectivity index (χ3v) is 5.68. The number of hydrazone groups is 1. The molecule has 1 atom stereocenters. The molecule has 0 saturated carbocycles. The molecule has 0 unspecified atom stereocenters. The van der Waals surface area contributed by atoms with E-state index >= 15 is 0 Å². The van der Waals surface area contributed by atoms with E-state index in [9.17, 15) is 9.59 Å². The van der Waals surface area contributed by atoms with Crippen LogP contribution in [-0.2, 0) is 16.2 Å². The second kappa shape index (κ2) is 10.3. The van der Waals surface area contributed by atoms with Crippen molar-refractivity contribution in [1.29, 1.82) is 0 Å². The lowest BCUT2D eigenvalue weighted by atomic mass is 10.1. The van der Waals surface area contributed by atoms with Crippen molar-refractivity contribution in [2.75, 3.05) is 11.4 Å². The van der Waals surface area contributed by atoms with Gasteiger partial charge in [-0.1, -0.05) is 41.4 Å². The molecule has 2 amide bonds.